The van der Waals surface area contributed by atoms with E-state index in [1.54, 1.807) is 6.07 Å². The smallest absolute Gasteiger partial charge is 0.255 e. The van der Waals surface area contributed by atoms with Crippen molar-refractivity contribution in [1.29, 1.82) is 0 Å². The van der Waals surface area contributed by atoms with Gasteiger partial charge in [-0.05, 0) is 42.5 Å². The summed E-state index contributed by atoms with van der Waals surface area (Å²) in [5, 5.41) is 2.83. The number of amides is 1. The van der Waals surface area contributed by atoms with Crippen LogP contribution in [0.3, 0.4) is 0 Å². The van der Waals surface area contributed by atoms with E-state index in [0.29, 0.717) is 11.5 Å². The van der Waals surface area contributed by atoms with Gasteiger partial charge in [-0.1, -0.05) is 24.3 Å². The SMILES string of the molecule is COc1ccc(C(=O)Nc2ccccc2-c2nc3ccccc3[nH]2)cc1F. The topological polar surface area (TPSA) is 67.0 Å². The maximum atomic E-state index is 13.9. The number of carbonyl (C=O) groups is 1. The fraction of sp³-hybridized carbons (Fsp3) is 0.0476. The van der Waals surface area contributed by atoms with Crippen LogP contribution in [0, 0.1) is 5.82 Å². The second kappa shape index (κ2) is 6.92. The van der Waals surface area contributed by atoms with Crippen molar-refractivity contribution >= 4 is 22.6 Å². The van der Waals surface area contributed by atoms with Crippen molar-refractivity contribution in [3.05, 3.63) is 78.1 Å². The molecule has 6 heteroatoms. The van der Waals surface area contributed by atoms with Crippen LogP contribution >= 0.6 is 0 Å². The van der Waals surface area contributed by atoms with Crippen molar-refractivity contribution in [3.8, 4) is 17.1 Å². The number of H-pyrrole nitrogens is 1. The third-order valence-corrected chi connectivity index (χ3v) is 4.23. The van der Waals surface area contributed by atoms with Crippen LogP contribution in [0.2, 0.25) is 0 Å². The van der Waals surface area contributed by atoms with Crippen molar-refractivity contribution in [2.75, 3.05) is 12.4 Å². The summed E-state index contributed by atoms with van der Waals surface area (Å²) in [7, 11) is 1.38. The van der Waals surface area contributed by atoms with Crippen molar-refractivity contribution in [2.45, 2.75) is 0 Å². The predicted octanol–water partition coefficient (Wildman–Crippen LogP) is 4.63. The van der Waals surface area contributed by atoms with Crippen LogP contribution in [0.4, 0.5) is 10.1 Å². The van der Waals surface area contributed by atoms with Crippen LogP contribution in [-0.2, 0) is 0 Å². The Balaban J connectivity index is 1.67. The van der Waals surface area contributed by atoms with Gasteiger partial charge in [-0.15, -0.1) is 0 Å². The first-order valence-corrected chi connectivity index (χ1v) is 8.35. The lowest BCUT2D eigenvalue weighted by Gasteiger charge is -2.10. The number of ether oxygens (including phenoxy) is 1. The van der Waals surface area contributed by atoms with Gasteiger partial charge >= 0.3 is 0 Å². The molecule has 0 aliphatic carbocycles. The lowest BCUT2D eigenvalue weighted by molar-refractivity contribution is 0.102. The first-order valence-electron chi connectivity index (χ1n) is 8.35. The summed E-state index contributed by atoms with van der Waals surface area (Å²) in [6.45, 7) is 0. The van der Waals surface area contributed by atoms with Crippen molar-refractivity contribution < 1.29 is 13.9 Å². The zero-order chi connectivity index (χ0) is 18.8. The average molecular weight is 361 g/mol. The maximum absolute atomic E-state index is 13.9. The molecule has 27 heavy (non-hydrogen) atoms. The number of halogens is 1. The standard InChI is InChI=1S/C21H16FN3O2/c1-27-19-11-10-13(12-15(19)22)21(26)25-16-7-3-2-6-14(16)20-23-17-8-4-5-9-18(17)24-20/h2-12H,1H3,(H,23,24)(H,25,26). The highest BCUT2D eigenvalue weighted by Gasteiger charge is 2.14. The summed E-state index contributed by atoms with van der Waals surface area (Å²) in [5.74, 6) is -0.266. The summed E-state index contributed by atoms with van der Waals surface area (Å²) in [6.07, 6.45) is 0. The van der Waals surface area contributed by atoms with Crippen molar-refractivity contribution in [2.24, 2.45) is 0 Å². The van der Waals surface area contributed by atoms with Crippen LogP contribution < -0.4 is 10.1 Å². The van der Waals surface area contributed by atoms with E-state index < -0.39 is 11.7 Å². The number of fused-ring (bicyclic) bond motifs is 1. The fourth-order valence-electron chi connectivity index (χ4n) is 2.88. The number of aromatic nitrogens is 2. The molecule has 1 amide bonds. The summed E-state index contributed by atoms with van der Waals surface area (Å²) >= 11 is 0. The van der Waals surface area contributed by atoms with Gasteiger partial charge < -0.3 is 15.0 Å². The van der Waals surface area contributed by atoms with E-state index in [1.165, 1.54) is 19.2 Å². The molecule has 2 N–H and O–H groups in total. The molecule has 0 radical (unpaired) electrons. The molecule has 3 aromatic carbocycles. The van der Waals surface area contributed by atoms with Gasteiger partial charge in [-0.2, -0.15) is 0 Å². The first kappa shape index (κ1) is 16.8. The van der Waals surface area contributed by atoms with Gasteiger partial charge in [0.15, 0.2) is 11.6 Å². The lowest BCUT2D eigenvalue weighted by Crippen LogP contribution is -2.13. The Labute approximate surface area is 154 Å². The van der Waals surface area contributed by atoms with Gasteiger partial charge in [-0.25, -0.2) is 9.37 Å². The molecule has 0 atom stereocenters. The van der Waals surface area contributed by atoms with Gasteiger partial charge in [0, 0.05) is 11.1 Å². The number of aromatic amines is 1. The van der Waals surface area contributed by atoms with Gasteiger partial charge in [0.25, 0.3) is 5.91 Å². The van der Waals surface area contributed by atoms with E-state index in [1.807, 2.05) is 42.5 Å². The Bertz CT molecular complexity index is 1100. The molecular formula is C21H16FN3O2. The van der Waals surface area contributed by atoms with E-state index in [4.69, 9.17) is 4.74 Å². The molecule has 0 spiro atoms. The quantitative estimate of drug-likeness (QED) is 0.557. The van der Waals surface area contributed by atoms with E-state index >= 15 is 0 Å². The Kier molecular flexibility index (Phi) is 4.30. The number of hydrogen-bond donors (Lipinski definition) is 2. The van der Waals surface area contributed by atoms with E-state index in [0.717, 1.165) is 22.7 Å². The molecule has 4 rings (SSSR count). The van der Waals surface area contributed by atoms with Crippen molar-refractivity contribution in [1.82, 2.24) is 9.97 Å². The van der Waals surface area contributed by atoms with Crippen LogP contribution in [0.15, 0.2) is 66.7 Å². The van der Waals surface area contributed by atoms with Gasteiger partial charge in [0.05, 0.1) is 23.8 Å². The molecule has 134 valence electrons. The van der Waals surface area contributed by atoms with Crippen LogP contribution in [-0.4, -0.2) is 23.0 Å². The second-order valence-corrected chi connectivity index (χ2v) is 5.95. The normalized spacial score (nSPS) is 10.7. The number of nitrogens with zero attached hydrogens (tertiary/aromatic N) is 1. The number of para-hydroxylation sites is 3. The molecule has 0 unspecified atom stereocenters. The van der Waals surface area contributed by atoms with Crippen LogP contribution in [0.1, 0.15) is 10.4 Å². The monoisotopic (exact) mass is 361 g/mol. The molecular weight excluding hydrogens is 345 g/mol. The third-order valence-electron chi connectivity index (χ3n) is 4.23. The summed E-state index contributed by atoms with van der Waals surface area (Å²) in [4.78, 5) is 20.4. The molecule has 0 saturated heterocycles. The van der Waals surface area contributed by atoms with Crippen LogP contribution in [0.25, 0.3) is 22.4 Å². The molecule has 0 aliphatic heterocycles. The molecule has 0 bridgehead atoms. The minimum absolute atomic E-state index is 0.0919. The summed E-state index contributed by atoms with van der Waals surface area (Å²) in [5.41, 5.74) is 3.28. The fourth-order valence-corrected chi connectivity index (χ4v) is 2.88. The first-order chi connectivity index (χ1) is 13.2. The third kappa shape index (κ3) is 3.25. The number of carbonyl (C=O) groups excluding carboxylic acids is 1. The minimum Gasteiger partial charge on any atom is -0.494 e. The molecule has 1 heterocycles. The van der Waals surface area contributed by atoms with Gasteiger partial charge in [0.1, 0.15) is 5.82 Å². The van der Waals surface area contributed by atoms with Gasteiger partial charge in [-0.3, -0.25) is 4.79 Å². The predicted molar refractivity (Wildman–Crippen MR) is 102 cm³/mol. The average Bonchev–Trinajstić information content (AvgIpc) is 3.12. The zero-order valence-corrected chi connectivity index (χ0v) is 14.5. The molecule has 0 fully saturated rings. The van der Waals surface area contributed by atoms with E-state index in [9.17, 15) is 9.18 Å². The van der Waals surface area contributed by atoms with Gasteiger partial charge in [0.2, 0.25) is 0 Å². The van der Waals surface area contributed by atoms with E-state index in [-0.39, 0.29) is 11.3 Å². The Morgan fingerprint density at radius 2 is 1.85 bits per heavy atom. The molecule has 4 aromatic rings. The Morgan fingerprint density at radius 3 is 2.63 bits per heavy atom. The number of hydrogen-bond acceptors (Lipinski definition) is 3. The largest absolute Gasteiger partial charge is 0.494 e. The van der Waals surface area contributed by atoms with E-state index in [2.05, 4.69) is 15.3 Å². The molecule has 0 aliphatic rings. The number of benzene rings is 3. The summed E-state index contributed by atoms with van der Waals surface area (Å²) < 4.78 is 18.8. The Morgan fingerprint density at radius 1 is 1.07 bits per heavy atom. The minimum atomic E-state index is -0.587. The van der Waals surface area contributed by atoms with Crippen LogP contribution in [0.5, 0.6) is 5.75 Å². The van der Waals surface area contributed by atoms with Crippen molar-refractivity contribution in [3.63, 3.8) is 0 Å². The summed E-state index contributed by atoms with van der Waals surface area (Å²) in [6, 6.07) is 19.1. The molecule has 0 saturated carbocycles. The second-order valence-electron chi connectivity index (χ2n) is 5.95. The number of anilines is 1. The number of nitrogens with one attached hydrogen (secondary N) is 2. The highest BCUT2D eigenvalue weighted by molar-refractivity contribution is 6.06. The maximum Gasteiger partial charge on any atom is 0.255 e. The number of methoxy groups -OCH3 is 1. The number of imidazole rings is 1. The zero-order valence-electron chi connectivity index (χ0n) is 14.5. The lowest BCUT2D eigenvalue weighted by atomic mass is 10.1. The molecule has 1 aromatic heterocycles. The number of rotatable bonds is 4. The molecule has 5 nitrogen and oxygen atoms in total. The Hall–Kier alpha value is -3.67. The highest BCUT2D eigenvalue weighted by Crippen LogP contribution is 2.28. The highest BCUT2D eigenvalue weighted by atomic mass is 19.1.